The first-order valence-electron chi connectivity index (χ1n) is 10.4. The summed E-state index contributed by atoms with van der Waals surface area (Å²) in [6, 6.07) is 9.82. The van der Waals surface area contributed by atoms with Crippen LogP contribution in [-0.4, -0.2) is 48.8 Å². The Labute approximate surface area is 201 Å². The standard InChI is InChI=1S/C22H23ClN4O4S2/c1-15-4-3-5-16(2)19(15)12-17-14-32-22(24-17)25-8-10-26(11-9-25)33(30,31)18-6-7-20(23)21(13-18)27(28)29/h3-7,13-14H,8-12H2,1-2H3. The van der Waals surface area contributed by atoms with Crippen molar-refractivity contribution in [3.8, 4) is 0 Å². The Hall–Kier alpha value is -2.53. The van der Waals surface area contributed by atoms with Gasteiger partial charge in [-0.05, 0) is 42.7 Å². The molecule has 174 valence electrons. The van der Waals surface area contributed by atoms with Crippen molar-refractivity contribution in [2.24, 2.45) is 0 Å². The number of nitro benzene ring substituents is 1. The highest BCUT2D eigenvalue weighted by Gasteiger charge is 2.31. The largest absolute Gasteiger partial charge is 0.345 e. The summed E-state index contributed by atoms with van der Waals surface area (Å²) in [5.41, 5.74) is 4.34. The molecule has 3 aromatic rings. The summed E-state index contributed by atoms with van der Waals surface area (Å²) < 4.78 is 27.4. The van der Waals surface area contributed by atoms with E-state index < -0.39 is 20.6 Å². The van der Waals surface area contributed by atoms with E-state index in [-0.39, 0.29) is 23.0 Å². The Morgan fingerprint density at radius 2 is 1.79 bits per heavy atom. The number of anilines is 1. The topological polar surface area (TPSA) is 96.7 Å². The Balaban J connectivity index is 1.44. The molecular weight excluding hydrogens is 484 g/mol. The molecule has 4 rings (SSSR count). The lowest BCUT2D eigenvalue weighted by molar-refractivity contribution is -0.384. The highest BCUT2D eigenvalue weighted by Crippen LogP contribution is 2.30. The molecular formula is C22H23ClN4O4S2. The van der Waals surface area contributed by atoms with Crippen LogP contribution in [0, 0.1) is 24.0 Å². The second-order valence-electron chi connectivity index (χ2n) is 7.93. The molecule has 1 saturated heterocycles. The Kier molecular flexibility index (Phi) is 6.71. The Bertz CT molecular complexity index is 1280. The maximum Gasteiger partial charge on any atom is 0.289 e. The number of benzene rings is 2. The van der Waals surface area contributed by atoms with Crippen LogP contribution in [0.25, 0.3) is 0 Å². The van der Waals surface area contributed by atoms with Crippen molar-refractivity contribution in [1.82, 2.24) is 9.29 Å². The molecule has 0 amide bonds. The number of hydrogen-bond acceptors (Lipinski definition) is 7. The number of aryl methyl sites for hydroxylation is 2. The minimum Gasteiger partial charge on any atom is -0.345 e. The first-order valence-corrected chi connectivity index (χ1v) is 13.0. The highest BCUT2D eigenvalue weighted by molar-refractivity contribution is 7.89. The Morgan fingerprint density at radius 1 is 1.12 bits per heavy atom. The van der Waals surface area contributed by atoms with Gasteiger partial charge in [-0.1, -0.05) is 29.8 Å². The van der Waals surface area contributed by atoms with E-state index in [1.807, 2.05) is 0 Å². The molecule has 33 heavy (non-hydrogen) atoms. The predicted octanol–water partition coefficient (Wildman–Crippen LogP) is 4.42. The van der Waals surface area contributed by atoms with E-state index in [1.165, 1.54) is 33.1 Å². The van der Waals surface area contributed by atoms with Gasteiger partial charge in [0, 0.05) is 44.0 Å². The number of halogens is 1. The molecule has 0 N–H and O–H groups in total. The Morgan fingerprint density at radius 3 is 2.42 bits per heavy atom. The third-order valence-corrected chi connectivity index (χ3v) is 8.97. The number of thiazole rings is 1. The minimum absolute atomic E-state index is 0.0933. The van der Waals surface area contributed by atoms with Gasteiger partial charge >= 0.3 is 0 Å². The normalized spacial score (nSPS) is 15.1. The lowest BCUT2D eigenvalue weighted by Crippen LogP contribution is -2.48. The molecule has 0 saturated carbocycles. The maximum absolute atomic E-state index is 13.0. The van der Waals surface area contributed by atoms with Gasteiger partial charge in [0.1, 0.15) is 5.02 Å². The lowest BCUT2D eigenvalue weighted by Gasteiger charge is -2.33. The van der Waals surface area contributed by atoms with Crippen LogP contribution >= 0.6 is 22.9 Å². The molecule has 2 aromatic carbocycles. The number of rotatable bonds is 6. The summed E-state index contributed by atoms with van der Waals surface area (Å²) >= 11 is 7.38. The second kappa shape index (κ2) is 9.38. The van der Waals surface area contributed by atoms with E-state index in [9.17, 15) is 18.5 Å². The number of aromatic nitrogens is 1. The summed E-state index contributed by atoms with van der Waals surface area (Å²) in [5.74, 6) is 0. The quantitative estimate of drug-likeness (QED) is 0.362. The molecule has 1 fully saturated rings. The fraction of sp³-hybridized carbons (Fsp3) is 0.318. The molecule has 1 aromatic heterocycles. The van der Waals surface area contributed by atoms with Crippen molar-refractivity contribution in [3.63, 3.8) is 0 Å². The van der Waals surface area contributed by atoms with E-state index in [0.717, 1.165) is 23.3 Å². The van der Waals surface area contributed by atoms with Gasteiger partial charge in [0.2, 0.25) is 10.0 Å². The number of hydrogen-bond donors (Lipinski definition) is 0. The fourth-order valence-corrected chi connectivity index (χ4v) is 6.40. The fourth-order valence-electron chi connectivity index (χ4n) is 3.89. The minimum atomic E-state index is -3.86. The van der Waals surface area contributed by atoms with E-state index in [4.69, 9.17) is 16.6 Å². The van der Waals surface area contributed by atoms with Gasteiger partial charge in [-0.25, -0.2) is 13.4 Å². The summed E-state index contributed by atoms with van der Waals surface area (Å²) in [6.07, 6.45) is 0.763. The van der Waals surface area contributed by atoms with E-state index in [2.05, 4.69) is 42.3 Å². The van der Waals surface area contributed by atoms with Gasteiger partial charge in [-0.2, -0.15) is 4.31 Å². The monoisotopic (exact) mass is 506 g/mol. The summed E-state index contributed by atoms with van der Waals surface area (Å²) in [4.78, 5) is 17.2. The van der Waals surface area contributed by atoms with Crippen LogP contribution in [-0.2, 0) is 16.4 Å². The first-order chi connectivity index (χ1) is 15.7. The van der Waals surface area contributed by atoms with Crippen molar-refractivity contribution >= 4 is 43.8 Å². The van der Waals surface area contributed by atoms with Crippen molar-refractivity contribution in [2.75, 3.05) is 31.1 Å². The maximum atomic E-state index is 13.0. The molecule has 11 heteroatoms. The van der Waals surface area contributed by atoms with Crippen molar-refractivity contribution in [1.29, 1.82) is 0 Å². The number of piperazine rings is 1. The molecule has 0 bridgehead atoms. The van der Waals surface area contributed by atoms with Gasteiger partial charge in [0.05, 0.1) is 15.5 Å². The first kappa shape index (κ1) is 23.6. The summed E-state index contributed by atoms with van der Waals surface area (Å²) in [6.45, 7) is 5.72. The van der Waals surface area contributed by atoms with E-state index >= 15 is 0 Å². The third-order valence-electron chi connectivity index (χ3n) is 5.80. The van der Waals surface area contributed by atoms with Crippen molar-refractivity contribution in [3.05, 3.63) is 79.3 Å². The molecule has 2 heterocycles. The number of nitrogens with zero attached hydrogens (tertiary/aromatic N) is 4. The summed E-state index contributed by atoms with van der Waals surface area (Å²) in [5, 5.41) is 14.0. The molecule has 1 aliphatic rings. The van der Waals surface area contributed by atoms with Crippen molar-refractivity contribution < 1.29 is 13.3 Å². The molecule has 0 atom stereocenters. The van der Waals surface area contributed by atoms with Crippen LogP contribution < -0.4 is 4.90 Å². The van der Waals surface area contributed by atoms with E-state index in [1.54, 1.807) is 11.3 Å². The third kappa shape index (κ3) is 4.89. The average Bonchev–Trinajstić information content (AvgIpc) is 3.25. The SMILES string of the molecule is Cc1cccc(C)c1Cc1csc(N2CCN(S(=O)(=O)c3ccc(Cl)c([N+](=O)[O-])c3)CC2)n1. The molecule has 8 nitrogen and oxygen atoms in total. The molecule has 0 radical (unpaired) electrons. The zero-order valence-corrected chi connectivity index (χ0v) is 20.6. The zero-order chi connectivity index (χ0) is 23.8. The molecule has 1 aliphatic heterocycles. The lowest BCUT2D eigenvalue weighted by atomic mass is 9.99. The van der Waals surface area contributed by atoms with Gasteiger partial charge in [0.15, 0.2) is 5.13 Å². The van der Waals surface area contributed by atoms with Crippen LogP contribution in [0.15, 0.2) is 46.7 Å². The molecule has 0 aliphatic carbocycles. The number of nitro groups is 1. The highest BCUT2D eigenvalue weighted by atomic mass is 35.5. The van der Waals surface area contributed by atoms with E-state index in [0.29, 0.717) is 13.1 Å². The van der Waals surface area contributed by atoms with Crippen LogP contribution in [0.2, 0.25) is 5.02 Å². The number of sulfonamides is 1. The van der Waals surface area contributed by atoms with Gasteiger partial charge < -0.3 is 4.90 Å². The smallest absolute Gasteiger partial charge is 0.289 e. The van der Waals surface area contributed by atoms with Crippen LogP contribution in [0.1, 0.15) is 22.4 Å². The van der Waals surface area contributed by atoms with Gasteiger partial charge in [-0.15, -0.1) is 11.3 Å². The second-order valence-corrected chi connectivity index (χ2v) is 11.1. The van der Waals surface area contributed by atoms with Gasteiger partial charge in [-0.3, -0.25) is 10.1 Å². The van der Waals surface area contributed by atoms with Crippen LogP contribution in [0.3, 0.4) is 0 Å². The predicted molar refractivity (Wildman–Crippen MR) is 130 cm³/mol. The van der Waals surface area contributed by atoms with Crippen LogP contribution in [0.4, 0.5) is 10.8 Å². The molecule has 0 spiro atoms. The summed E-state index contributed by atoms with van der Waals surface area (Å²) in [7, 11) is -3.86. The van der Waals surface area contributed by atoms with Crippen LogP contribution in [0.5, 0.6) is 0 Å². The molecule has 0 unspecified atom stereocenters. The average molecular weight is 507 g/mol. The zero-order valence-electron chi connectivity index (χ0n) is 18.2. The van der Waals surface area contributed by atoms with Crippen molar-refractivity contribution in [2.45, 2.75) is 25.2 Å². The van der Waals surface area contributed by atoms with Gasteiger partial charge in [0.25, 0.3) is 5.69 Å².